The summed E-state index contributed by atoms with van der Waals surface area (Å²) in [6.07, 6.45) is 0. The van der Waals surface area contributed by atoms with Gasteiger partial charge in [-0.05, 0) is 31.5 Å². The number of hydrogen-bond donors (Lipinski definition) is 0. The number of carbonyl (C=O) groups is 3. The molecule has 1 aromatic heterocycles. The van der Waals surface area contributed by atoms with Gasteiger partial charge in [0.1, 0.15) is 10.6 Å². The van der Waals surface area contributed by atoms with Gasteiger partial charge in [-0.2, -0.15) is 0 Å². The predicted molar refractivity (Wildman–Crippen MR) is 108 cm³/mol. The van der Waals surface area contributed by atoms with E-state index in [2.05, 4.69) is 0 Å². The number of rotatable bonds is 4. The van der Waals surface area contributed by atoms with E-state index in [9.17, 15) is 14.4 Å². The first-order valence-corrected chi connectivity index (χ1v) is 9.74. The Morgan fingerprint density at radius 1 is 0.964 bits per heavy atom. The second-order valence-electron chi connectivity index (χ2n) is 6.41. The fourth-order valence-electron chi connectivity index (χ4n) is 3.23. The van der Waals surface area contributed by atoms with Gasteiger partial charge in [-0.3, -0.25) is 9.59 Å². The summed E-state index contributed by atoms with van der Waals surface area (Å²) in [5, 5.41) is 2.08. The quantitative estimate of drug-likeness (QED) is 0.478. The molecule has 0 unspecified atom stereocenters. The van der Waals surface area contributed by atoms with Crippen molar-refractivity contribution in [2.45, 2.75) is 13.8 Å². The van der Waals surface area contributed by atoms with Crippen LogP contribution in [0.5, 0.6) is 0 Å². The summed E-state index contributed by atoms with van der Waals surface area (Å²) in [7, 11) is 0. The first-order chi connectivity index (χ1) is 13.5. The van der Waals surface area contributed by atoms with Crippen molar-refractivity contribution in [2.24, 2.45) is 0 Å². The summed E-state index contributed by atoms with van der Waals surface area (Å²) in [4.78, 5) is 39.6. The van der Waals surface area contributed by atoms with Crippen LogP contribution in [0.2, 0.25) is 0 Å². The number of benzene rings is 2. The van der Waals surface area contributed by atoms with Crippen LogP contribution in [0.4, 0.5) is 5.00 Å². The molecular weight excluding hydrogens is 374 g/mol. The first kappa shape index (κ1) is 18.1. The second kappa shape index (κ2) is 7.05. The molecule has 140 valence electrons. The number of nitrogens with zero attached hydrogens (tertiary/aromatic N) is 1. The van der Waals surface area contributed by atoms with E-state index in [0.717, 1.165) is 16.0 Å². The number of hydrogen-bond acceptors (Lipinski definition) is 5. The summed E-state index contributed by atoms with van der Waals surface area (Å²) >= 11 is 1.19. The summed E-state index contributed by atoms with van der Waals surface area (Å²) in [5.74, 6) is -1.40. The third-order valence-electron chi connectivity index (χ3n) is 4.61. The summed E-state index contributed by atoms with van der Waals surface area (Å²) in [6, 6.07) is 14.4. The van der Waals surface area contributed by atoms with E-state index in [1.165, 1.54) is 11.3 Å². The normalized spacial score (nSPS) is 13.0. The molecule has 0 atom stereocenters. The highest BCUT2D eigenvalue weighted by atomic mass is 32.1. The maximum atomic E-state index is 12.9. The van der Waals surface area contributed by atoms with Gasteiger partial charge < -0.3 is 4.74 Å². The number of imide groups is 1. The van der Waals surface area contributed by atoms with E-state index >= 15 is 0 Å². The lowest BCUT2D eigenvalue weighted by Gasteiger charge is -2.14. The van der Waals surface area contributed by atoms with Gasteiger partial charge in [-0.15, -0.1) is 11.3 Å². The van der Waals surface area contributed by atoms with Crippen molar-refractivity contribution in [1.29, 1.82) is 0 Å². The SMILES string of the molecule is CCOC(=O)c1c(-c2ccc(C)cc2)csc1N1C(=O)c2ccccc2C1=O. The lowest BCUT2D eigenvalue weighted by Crippen LogP contribution is -2.30. The average Bonchev–Trinajstić information content (AvgIpc) is 3.23. The van der Waals surface area contributed by atoms with Crippen LogP contribution in [-0.4, -0.2) is 24.4 Å². The largest absolute Gasteiger partial charge is 0.462 e. The molecular formula is C22H17NO4S. The molecule has 2 aromatic carbocycles. The summed E-state index contributed by atoms with van der Waals surface area (Å²) in [6.45, 7) is 3.90. The fraction of sp³-hybridized carbons (Fsp3) is 0.136. The van der Waals surface area contributed by atoms with E-state index in [1.807, 2.05) is 31.2 Å². The van der Waals surface area contributed by atoms with E-state index in [4.69, 9.17) is 4.74 Å². The number of anilines is 1. The molecule has 1 aliphatic rings. The number of thiophene rings is 1. The van der Waals surface area contributed by atoms with E-state index in [-0.39, 0.29) is 12.2 Å². The van der Waals surface area contributed by atoms with Gasteiger partial charge in [0, 0.05) is 10.9 Å². The molecule has 0 aliphatic carbocycles. The summed E-state index contributed by atoms with van der Waals surface area (Å²) < 4.78 is 5.24. The van der Waals surface area contributed by atoms with E-state index in [1.54, 1.807) is 36.6 Å². The fourth-order valence-corrected chi connectivity index (χ4v) is 4.30. The summed E-state index contributed by atoms with van der Waals surface area (Å²) in [5.41, 5.74) is 3.49. The van der Waals surface area contributed by atoms with Crippen molar-refractivity contribution in [3.8, 4) is 11.1 Å². The molecule has 0 spiro atoms. The minimum atomic E-state index is -0.550. The molecule has 0 saturated carbocycles. The Bertz CT molecular complexity index is 1060. The van der Waals surface area contributed by atoms with Crippen molar-refractivity contribution in [3.63, 3.8) is 0 Å². The van der Waals surface area contributed by atoms with Gasteiger partial charge in [0.15, 0.2) is 0 Å². The minimum absolute atomic E-state index is 0.198. The number of esters is 1. The highest BCUT2D eigenvalue weighted by molar-refractivity contribution is 7.15. The van der Waals surface area contributed by atoms with Crippen molar-refractivity contribution >= 4 is 34.1 Å². The molecule has 2 amide bonds. The van der Waals surface area contributed by atoms with Crippen molar-refractivity contribution in [1.82, 2.24) is 0 Å². The number of ether oxygens (including phenoxy) is 1. The number of carbonyl (C=O) groups excluding carboxylic acids is 3. The monoisotopic (exact) mass is 391 g/mol. The number of aryl methyl sites for hydroxylation is 1. The Morgan fingerprint density at radius 3 is 2.14 bits per heavy atom. The van der Waals surface area contributed by atoms with Crippen molar-refractivity contribution in [2.75, 3.05) is 11.5 Å². The Morgan fingerprint density at radius 2 is 1.57 bits per heavy atom. The lowest BCUT2D eigenvalue weighted by molar-refractivity contribution is 0.0529. The Balaban J connectivity index is 1.86. The molecule has 0 saturated heterocycles. The maximum absolute atomic E-state index is 12.9. The Hall–Kier alpha value is -3.25. The molecule has 4 rings (SSSR count). The highest BCUT2D eigenvalue weighted by Gasteiger charge is 2.40. The van der Waals surface area contributed by atoms with Gasteiger partial charge in [0.2, 0.25) is 0 Å². The number of fused-ring (bicyclic) bond motifs is 1. The van der Waals surface area contributed by atoms with Gasteiger partial charge in [-0.25, -0.2) is 9.69 Å². The molecule has 3 aromatic rings. The van der Waals surface area contributed by atoms with Crippen molar-refractivity contribution < 1.29 is 19.1 Å². The van der Waals surface area contributed by atoms with Crippen LogP contribution in [0.25, 0.3) is 11.1 Å². The van der Waals surface area contributed by atoms with E-state index < -0.39 is 17.8 Å². The molecule has 0 radical (unpaired) electrons. The molecule has 6 heteroatoms. The van der Waals surface area contributed by atoms with Crippen LogP contribution in [0.15, 0.2) is 53.9 Å². The zero-order chi connectivity index (χ0) is 19.8. The first-order valence-electron chi connectivity index (χ1n) is 8.86. The zero-order valence-electron chi connectivity index (χ0n) is 15.4. The van der Waals surface area contributed by atoms with Gasteiger partial charge >= 0.3 is 5.97 Å². The lowest BCUT2D eigenvalue weighted by atomic mass is 10.0. The molecule has 5 nitrogen and oxygen atoms in total. The molecule has 0 bridgehead atoms. The van der Waals surface area contributed by atoms with Crippen LogP contribution in [0.3, 0.4) is 0 Å². The molecule has 2 heterocycles. The molecule has 0 N–H and O–H groups in total. The van der Waals surface area contributed by atoms with Gasteiger partial charge in [-0.1, -0.05) is 42.0 Å². The average molecular weight is 391 g/mol. The minimum Gasteiger partial charge on any atom is -0.462 e. The Labute approximate surface area is 166 Å². The Kier molecular flexibility index (Phi) is 4.57. The number of amides is 2. The van der Waals surface area contributed by atoms with Crippen LogP contribution < -0.4 is 4.90 Å². The third kappa shape index (κ3) is 2.82. The predicted octanol–water partition coefficient (Wildman–Crippen LogP) is 4.70. The smallest absolute Gasteiger partial charge is 0.341 e. The van der Waals surface area contributed by atoms with Gasteiger partial charge in [0.25, 0.3) is 11.8 Å². The molecule has 1 aliphatic heterocycles. The van der Waals surface area contributed by atoms with Crippen LogP contribution in [0.1, 0.15) is 43.6 Å². The van der Waals surface area contributed by atoms with Crippen LogP contribution in [0, 0.1) is 6.92 Å². The standard InChI is InChI=1S/C22H17NO4S/c1-3-27-22(26)18-17(14-10-8-13(2)9-11-14)12-28-21(18)23-19(24)15-6-4-5-7-16(15)20(23)25/h4-12H,3H2,1-2H3. The topological polar surface area (TPSA) is 63.7 Å². The highest BCUT2D eigenvalue weighted by Crippen LogP contribution is 2.41. The van der Waals surface area contributed by atoms with Crippen LogP contribution in [-0.2, 0) is 4.74 Å². The van der Waals surface area contributed by atoms with Gasteiger partial charge in [0.05, 0.1) is 17.7 Å². The van der Waals surface area contributed by atoms with E-state index in [0.29, 0.717) is 21.7 Å². The maximum Gasteiger partial charge on any atom is 0.341 e. The zero-order valence-corrected chi connectivity index (χ0v) is 16.2. The van der Waals surface area contributed by atoms with Crippen molar-refractivity contribution in [3.05, 3.63) is 76.2 Å². The molecule has 28 heavy (non-hydrogen) atoms. The van der Waals surface area contributed by atoms with Crippen LogP contribution >= 0.6 is 11.3 Å². The molecule has 0 fully saturated rings. The second-order valence-corrected chi connectivity index (χ2v) is 7.27. The third-order valence-corrected chi connectivity index (χ3v) is 5.57.